The molecule has 0 bridgehead atoms. The van der Waals surface area contributed by atoms with Crippen molar-refractivity contribution in [2.24, 2.45) is 0 Å². The van der Waals surface area contributed by atoms with E-state index in [4.69, 9.17) is 4.74 Å². The Hall–Kier alpha value is -1.50. The number of aromatic nitrogens is 2. The molecular weight excluding hydrogens is 242 g/mol. The molecule has 0 aliphatic carbocycles. The smallest absolute Gasteiger partial charge is 0.345 e. The molecule has 1 aromatic heterocycles. The summed E-state index contributed by atoms with van der Waals surface area (Å²) < 4.78 is 4.72. The van der Waals surface area contributed by atoms with E-state index < -0.39 is 11.5 Å². The molecule has 17 heavy (non-hydrogen) atoms. The van der Waals surface area contributed by atoms with E-state index >= 15 is 0 Å². The molecule has 0 aliphatic rings. The highest BCUT2D eigenvalue weighted by Crippen LogP contribution is 1.98. The molecule has 0 radical (unpaired) electrons. The summed E-state index contributed by atoms with van der Waals surface area (Å²) in [6.07, 6.45) is 3.21. The van der Waals surface area contributed by atoms with Crippen LogP contribution in [0.15, 0.2) is 11.0 Å². The minimum absolute atomic E-state index is 0.0812. The molecule has 0 aliphatic heterocycles. The number of H-pyrrole nitrogens is 1. The summed E-state index contributed by atoms with van der Waals surface area (Å²) in [5.41, 5.74) is -0.577. The Kier molecular flexibility index (Phi) is 5.55. The zero-order valence-corrected chi connectivity index (χ0v) is 10.6. The fourth-order valence-corrected chi connectivity index (χ4v) is 1.42. The number of aromatic amines is 1. The van der Waals surface area contributed by atoms with Gasteiger partial charge in [-0.3, -0.25) is 9.78 Å². The Balaban J connectivity index is 2.72. The van der Waals surface area contributed by atoms with Crippen molar-refractivity contribution in [3.63, 3.8) is 0 Å². The first-order valence-corrected chi connectivity index (χ1v) is 6.57. The van der Waals surface area contributed by atoms with Gasteiger partial charge in [0.1, 0.15) is 5.56 Å². The molecule has 7 heteroatoms. The van der Waals surface area contributed by atoms with Gasteiger partial charge in [0.05, 0.1) is 12.8 Å². The SMILES string of the molecule is CCOC(=O)c1cnc(NCCSC)[nH]c1=O. The number of rotatable bonds is 6. The maximum atomic E-state index is 11.5. The molecule has 94 valence electrons. The second-order valence-corrected chi connectivity index (χ2v) is 4.10. The van der Waals surface area contributed by atoms with Crippen LogP contribution in [0.2, 0.25) is 0 Å². The number of thioether (sulfide) groups is 1. The van der Waals surface area contributed by atoms with Gasteiger partial charge in [0.15, 0.2) is 0 Å². The number of hydrogen-bond acceptors (Lipinski definition) is 6. The second-order valence-electron chi connectivity index (χ2n) is 3.11. The Bertz CT molecular complexity index is 433. The fourth-order valence-electron chi connectivity index (χ4n) is 1.11. The molecule has 1 heterocycles. The third kappa shape index (κ3) is 4.10. The number of ether oxygens (including phenoxy) is 1. The van der Waals surface area contributed by atoms with E-state index in [0.717, 1.165) is 5.75 Å². The van der Waals surface area contributed by atoms with Gasteiger partial charge in [0.25, 0.3) is 5.56 Å². The average Bonchev–Trinajstić information content (AvgIpc) is 2.29. The van der Waals surface area contributed by atoms with Crippen LogP contribution in [0.5, 0.6) is 0 Å². The van der Waals surface area contributed by atoms with Crippen molar-refractivity contribution >= 4 is 23.7 Å². The Morgan fingerprint density at radius 3 is 3.00 bits per heavy atom. The normalized spacial score (nSPS) is 10.0. The molecule has 0 amide bonds. The molecule has 1 aromatic rings. The number of carbonyl (C=O) groups excluding carboxylic acids is 1. The van der Waals surface area contributed by atoms with Crippen molar-refractivity contribution in [1.29, 1.82) is 0 Å². The lowest BCUT2D eigenvalue weighted by atomic mass is 10.3. The lowest BCUT2D eigenvalue weighted by molar-refractivity contribution is 0.0524. The Labute approximate surface area is 103 Å². The van der Waals surface area contributed by atoms with Gasteiger partial charge in [-0.15, -0.1) is 0 Å². The molecule has 0 saturated carbocycles. The minimum atomic E-state index is -0.656. The molecule has 1 rings (SSSR count). The summed E-state index contributed by atoms with van der Waals surface area (Å²) in [7, 11) is 0. The van der Waals surface area contributed by atoms with Gasteiger partial charge in [0.2, 0.25) is 5.95 Å². The van der Waals surface area contributed by atoms with E-state index in [-0.39, 0.29) is 12.2 Å². The molecule has 6 nitrogen and oxygen atoms in total. The molecular formula is C10H15N3O3S. The molecule has 0 saturated heterocycles. The van der Waals surface area contributed by atoms with Crippen LogP contribution in [0.4, 0.5) is 5.95 Å². The highest BCUT2D eigenvalue weighted by Gasteiger charge is 2.12. The van der Waals surface area contributed by atoms with E-state index in [1.165, 1.54) is 6.20 Å². The van der Waals surface area contributed by atoms with Crippen molar-refractivity contribution in [1.82, 2.24) is 9.97 Å². The van der Waals surface area contributed by atoms with Crippen molar-refractivity contribution in [2.45, 2.75) is 6.92 Å². The molecule has 0 aromatic carbocycles. The summed E-state index contributed by atoms with van der Waals surface area (Å²) in [6.45, 7) is 2.60. The zero-order valence-electron chi connectivity index (χ0n) is 9.78. The first-order valence-electron chi connectivity index (χ1n) is 5.18. The van der Waals surface area contributed by atoms with Crippen LogP contribution >= 0.6 is 11.8 Å². The standard InChI is InChI=1S/C10H15N3O3S/c1-3-16-9(15)7-6-12-10(13-8(7)14)11-4-5-17-2/h6H,3-5H2,1-2H3,(H2,11,12,13,14). The van der Waals surface area contributed by atoms with E-state index in [9.17, 15) is 9.59 Å². The van der Waals surface area contributed by atoms with Gasteiger partial charge >= 0.3 is 5.97 Å². The van der Waals surface area contributed by atoms with Crippen LogP contribution < -0.4 is 10.9 Å². The van der Waals surface area contributed by atoms with E-state index in [0.29, 0.717) is 12.5 Å². The summed E-state index contributed by atoms with van der Waals surface area (Å²) in [6, 6.07) is 0. The van der Waals surface area contributed by atoms with E-state index in [1.807, 2.05) is 6.26 Å². The van der Waals surface area contributed by atoms with Gasteiger partial charge in [-0.05, 0) is 13.2 Å². The maximum absolute atomic E-state index is 11.5. The van der Waals surface area contributed by atoms with Crippen LogP contribution in [0.3, 0.4) is 0 Å². The monoisotopic (exact) mass is 257 g/mol. The summed E-state index contributed by atoms with van der Waals surface area (Å²) in [5, 5.41) is 2.94. The van der Waals surface area contributed by atoms with Gasteiger partial charge in [0, 0.05) is 12.3 Å². The van der Waals surface area contributed by atoms with Crippen molar-refractivity contribution in [3.8, 4) is 0 Å². The molecule has 0 atom stereocenters. The van der Waals surface area contributed by atoms with Crippen LogP contribution in [0.1, 0.15) is 17.3 Å². The predicted octanol–water partition coefficient (Wildman–Crippen LogP) is 0.721. The minimum Gasteiger partial charge on any atom is -0.462 e. The number of carbonyl (C=O) groups is 1. The number of esters is 1. The average molecular weight is 257 g/mol. The van der Waals surface area contributed by atoms with Crippen molar-refractivity contribution < 1.29 is 9.53 Å². The quantitative estimate of drug-likeness (QED) is 0.577. The van der Waals surface area contributed by atoms with Crippen molar-refractivity contribution in [2.75, 3.05) is 30.5 Å². The molecule has 0 spiro atoms. The highest BCUT2D eigenvalue weighted by molar-refractivity contribution is 7.98. The maximum Gasteiger partial charge on any atom is 0.345 e. The summed E-state index contributed by atoms with van der Waals surface area (Å²) >= 11 is 1.68. The fraction of sp³-hybridized carbons (Fsp3) is 0.500. The van der Waals surface area contributed by atoms with Crippen LogP contribution in [0, 0.1) is 0 Å². The van der Waals surface area contributed by atoms with Crippen LogP contribution in [-0.2, 0) is 4.74 Å². The van der Waals surface area contributed by atoms with E-state index in [1.54, 1.807) is 18.7 Å². The number of anilines is 1. The first-order chi connectivity index (χ1) is 8.19. The molecule has 0 fully saturated rings. The lowest BCUT2D eigenvalue weighted by Crippen LogP contribution is -2.22. The van der Waals surface area contributed by atoms with Crippen LogP contribution in [0.25, 0.3) is 0 Å². The Morgan fingerprint density at radius 2 is 2.41 bits per heavy atom. The summed E-state index contributed by atoms with van der Waals surface area (Å²) in [5.74, 6) is 0.609. The second kappa shape index (κ2) is 6.95. The molecule has 0 unspecified atom stereocenters. The zero-order chi connectivity index (χ0) is 12.7. The number of hydrogen-bond donors (Lipinski definition) is 2. The third-order valence-corrected chi connectivity index (χ3v) is 2.51. The van der Waals surface area contributed by atoms with E-state index in [2.05, 4.69) is 15.3 Å². The van der Waals surface area contributed by atoms with Crippen molar-refractivity contribution in [3.05, 3.63) is 22.1 Å². The topological polar surface area (TPSA) is 84.1 Å². The highest BCUT2D eigenvalue weighted by atomic mass is 32.2. The first kappa shape index (κ1) is 13.6. The van der Waals surface area contributed by atoms with Crippen LogP contribution in [-0.4, -0.2) is 41.1 Å². The Morgan fingerprint density at radius 1 is 1.65 bits per heavy atom. The lowest BCUT2D eigenvalue weighted by Gasteiger charge is -2.04. The largest absolute Gasteiger partial charge is 0.462 e. The predicted molar refractivity (Wildman–Crippen MR) is 67.7 cm³/mol. The number of nitrogens with one attached hydrogen (secondary N) is 2. The molecule has 2 N–H and O–H groups in total. The van der Waals surface area contributed by atoms with Gasteiger partial charge in [-0.1, -0.05) is 0 Å². The van der Waals surface area contributed by atoms with Gasteiger partial charge in [-0.25, -0.2) is 9.78 Å². The number of nitrogens with zero attached hydrogens (tertiary/aromatic N) is 1. The summed E-state index contributed by atoms with van der Waals surface area (Å²) in [4.78, 5) is 29.3. The third-order valence-electron chi connectivity index (χ3n) is 1.89. The van der Waals surface area contributed by atoms with Gasteiger partial charge in [-0.2, -0.15) is 11.8 Å². The van der Waals surface area contributed by atoms with Gasteiger partial charge < -0.3 is 10.1 Å².